The molecule has 0 N–H and O–H groups in total. The molecular formula is C72H124O6. The van der Waals surface area contributed by atoms with E-state index < -0.39 is 6.10 Å². The molecular weight excluding hydrogens is 961 g/mol. The average Bonchev–Trinajstić information content (AvgIpc) is 3.44. The largest absolute Gasteiger partial charge is 0.462 e. The van der Waals surface area contributed by atoms with Crippen LogP contribution >= 0.6 is 0 Å². The summed E-state index contributed by atoms with van der Waals surface area (Å²) in [7, 11) is 0. The van der Waals surface area contributed by atoms with E-state index in [0.717, 1.165) is 122 Å². The van der Waals surface area contributed by atoms with Crippen LogP contribution in [0.3, 0.4) is 0 Å². The van der Waals surface area contributed by atoms with Crippen LogP contribution in [0.1, 0.15) is 323 Å². The first kappa shape index (κ1) is 74.3. The van der Waals surface area contributed by atoms with Crippen LogP contribution in [0.15, 0.2) is 97.2 Å². The van der Waals surface area contributed by atoms with E-state index in [9.17, 15) is 14.4 Å². The van der Waals surface area contributed by atoms with Crippen molar-refractivity contribution >= 4 is 17.9 Å². The first-order valence-electron chi connectivity index (χ1n) is 33.2. The highest BCUT2D eigenvalue weighted by molar-refractivity contribution is 5.71. The molecule has 0 heterocycles. The fourth-order valence-corrected chi connectivity index (χ4v) is 9.43. The fraction of sp³-hybridized carbons (Fsp3) is 0.736. The van der Waals surface area contributed by atoms with E-state index in [1.807, 2.05) is 0 Å². The molecule has 1 unspecified atom stereocenters. The lowest BCUT2D eigenvalue weighted by Gasteiger charge is -2.18. The lowest BCUT2D eigenvalue weighted by molar-refractivity contribution is -0.167. The molecule has 0 amide bonds. The van der Waals surface area contributed by atoms with Crippen molar-refractivity contribution in [1.29, 1.82) is 0 Å². The van der Waals surface area contributed by atoms with E-state index in [1.54, 1.807) is 0 Å². The fourth-order valence-electron chi connectivity index (χ4n) is 9.43. The van der Waals surface area contributed by atoms with Crippen LogP contribution < -0.4 is 0 Å². The zero-order valence-electron chi connectivity index (χ0n) is 51.4. The first-order valence-corrected chi connectivity index (χ1v) is 33.2. The summed E-state index contributed by atoms with van der Waals surface area (Å²) in [5, 5.41) is 0. The second-order valence-corrected chi connectivity index (χ2v) is 22.0. The van der Waals surface area contributed by atoms with Gasteiger partial charge in [0.2, 0.25) is 0 Å². The Bertz CT molecular complexity index is 1530. The highest BCUT2D eigenvalue weighted by atomic mass is 16.6. The van der Waals surface area contributed by atoms with Gasteiger partial charge in [-0.1, -0.05) is 304 Å². The van der Waals surface area contributed by atoms with Crippen molar-refractivity contribution in [1.82, 2.24) is 0 Å². The van der Waals surface area contributed by atoms with Gasteiger partial charge in [-0.25, -0.2) is 0 Å². The Labute approximate surface area is 483 Å². The second kappa shape index (κ2) is 65.8. The molecule has 0 aromatic carbocycles. The Balaban J connectivity index is 4.24. The molecule has 6 heteroatoms. The van der Waals surface area contributed by atoms with Gasteiger partial charge in [0.1, 0.15) is 13.2 Å². The molecule has 0 saturated carbocycles. The van der Waals surface area contributed by atoms with Crippen LogP contribution in [0.5, 0.6) is 0 Å². The van der Waals surface area contributed by atoms with Crippen LogP contribution in [-0.4, -0.2) is 37.2 Å². The van der Waals surface area contributed by atoms with Crippen LogP contribution in [0.4, 0.5) is 0 Å². The predicted molar refractivity (Wildman–Crippen MR) is 339 cm³/mol. The minimum atomic E-state index is -0.784. The average molecular weight is 1090 g/mol. The number of carbonyl (C=O) groups is 3. The molecule has 0 aliphatic heterocycles. The molecule has 0 fully saturated rings. The smallest absolute Gasteiger partial charge is 0.306 e. The number of unbranched alkanes of at least 4 members (excludes halogenated alkanes) is 33. The summed E-state index contributed by atoms with van der Waals surface area (Å²) in [5.41, 5.74) is 0. The summed E-state index contributed by atoms with van der Waals surface area (Å²) < 4.78 is 16.9. The van der Waals surface area contributed by atoms with Crippen molar-refractivity contribution < 1.29 is 28.6 Å². The van der Waals surface area contributed by atoms with E-state index >= 15 is 0 Å². The number of ether oxygens (including phenoxy) is 3. The minimum Gasteiger partial charge on any atom is -0.462 e. The maximum absolute atomic E-state index is 12.9. The molecule has 78 heavy (non-hydrogen) atoms. The molecule has 0 aromatic heterocycles. The van der Waals surface area contributed by atoms with Gasteiger partial charge >= 0.3 is 17.9 Å². The van der Waals surface area contributed by atoms with Crippen LogP contribution in [0.2, 0.25) is 0 Å². The van der Waals surface area contributed by atoms with Crippen molar-refractivity contribution in [3.05, 3.63) is 97.2 Å². The summed E-state index contributed by atoms with van der Waals surface area (Å²) in [4.78, 5) is 38.3. The first-order chi connectivity index (χ1) is 38.5. The van der Waals surface area contributed by atoms with E-state index in [4.69, 9.17) is 14.2 Å². The van der Waals surface area contributed by atoms with Gasteiger partial charge in [-0.2, -0.15) is 0 Å². The highest BCUT2D eigenvalue weighted by Crippen LogP contribution is 2.17. The third-order valence-electron chi connectivity index (χ3n) is 14.3. The number of esters is 3. The topological polar surface area (TPSA) is 78.9 Å². The van der Waals surface area contributed by atoms with Gasteiger partial charge in [-0.3, -0.25) is 14.4 Å². The summed E-state index contributed by atoms with van der Waals surface area (Å²) in [6.07, 6.45) is 88.5. The van der Waals surface area contributed by atoms with Crippen LogP contribution in [0.25, 0.3) is 0 Å². The number of allylic oxidation sites excluding steroid dienone is 16. The third-order valence-corrected chi connectivity index (χ3v) is 14.3. The van der Waals surface area contributed by atoms with Crippen LogP contribution in [-0.2, 0) is 28.6 Å². The van der Waals surface area contributed by atoms with Gasteiger partial charge in [0.05, 0.1) is 0 Å². The molecule has 0 aliphatic rings. The number of rotatable bonds is 60. The number of carbonyl (C=O) groups excluding carboxylic acids is 3. The second-order valence-electron chi connectivity index (χ2n) is 22.0. The summed E-state index contributed by atoms with van der Waals surface area (Å²) >= 11 is 0. The van der Waals surface area contributed by atoms with Crippen molar-refractivity contribution in [2.24, 2.45) is 0 Å². The maximum atomic E-state index is 12.9. The van der Waals surface area contributed by atoms with Gasteiger partial charge in [0, 0.05) is 19.3 Å². The maximum Gasteiger partial charge on any atom is 0.306 e. The normalized spacial score (nSPS) is 12.7. The monoisotopic (exact) mass is 1080 g/mol. The van der Waals surface area contributed by atoms with E-state index in [0.29, 0.717) is 19.3 Å². The van der Waals surface area contributed by atoms with Crippen molar-refractivity contribution in [3.63, 3.8) is 0 Å². The lowest BCUT2D eigenvalue weighted by atomic mass is 10.0. The lowest BCUT2D eigenvalue weighted by Crippen LogP contribution is -2.30. The molecule has 0 radical (unpaired) electrons. The highest BCUT2D eigenvalue weighted by Gasteiger charge is 2.19. The third kappa shape index (κ3) is 63.2. The quantitative estimate of drug-likeness (QED) is 0.0261. The van der Waals surface area contributed by atoms with Gasteiger partial charge in [0.15, 0.2) is 6.10 Å². The molecule has 1 atom stereocenters. The Hall–Kier alpha value is -3.67. The van der Waals surface area contributed by atoms with E-state index in [2.05, 4.69) is 118 Å². The molecule has 0 spiro atoms. The molecule has 0 aromatic rings. The van der Waals surface area contributed by atoms with Crippen LogP contribution in [0, 0.1) is 0 Å². The van der Waals surface area contributed by atoms with E-state index in [1.165, 1.54) is 161 Å². The Morgan fingerprint density at radius 3 is 0.782 bits per heavy atom. The van der Waals surface area contributed by atoms with Gasteiger partial charge in [-0.15, -0.1) is 0 Å². The van der Waals surface area contributed by atoms with Gasteiger partial charge in [-0.05, 0) is 96.3 Å². The van der Waals surface area contributed by atoms with Crippen molar-refractivity contribution in [2.45, 2.75) is 329 Å². The standard InChI is InChI=1S/C72H124O6/c1-4-7-10-13-16-19-22-25-27-29-31-32-33-34-35-36-37-38-39-40-42-43-45-47-50-53-56-59-62-65-71(74)77-68-69(67-76-70(73)64-61-58-55-52-49-24-21-18-15-12-9-6-3)78-72(75)66-63-60-57-54-51-48-46-44-41-30-28-26-23-20-17-14-11-8-5-2/h7-8,10-11,16-17,19-20,25-28,31-32,41,44,69H,4-6,9,12-15,18,21-24,29-30,33-40,42-43,45-68H2,1-3H3/b10-7-,11-8-,19-16-,20-17-,27-25-,28-26-,32-31-,44-41-. The van der Waals surface area contributed by atoms with E-state index in [-0.39, 0.29) is 31.1 Å². The zero-order chi connectivity index (χ0) is 56.4. The Kier molecular flexibility index (Phi) is 62.7. The molecule has 0 saturated heterocycles. The molecule has 0 aliphatic carbocycles. The summed E-state index contributed by atoms with van der Waals surface area (Å²) in [6.45, 7) is 6.43. The van der Waals surface area contributed by atoms with Crippen molar-refractivity contribution in [3.8, 4) is 0 Å². The summed E-state index contributed by atoms with van der Waals surface area (Å²) in [5.74, 6) is -0.880. The summed E-state index contributed by atoms with van der Waals surface area (Å²) in [6, 6.07) is 0. The van der Waals surface area contributed by atoms with Gasteiger partial charge in [0.25, 0.3) is 0 Å². The Morgan fingerprint density at radius 2 is 0.500 bits per heavy atom. The number of hydrogen-bond donors (Lipinski definition) is 0. The molecule has 448 valence electrons. The molecule has 0 bridgehead atoms. The molecule has 0 rings (SSSR count). The Morgan fingerprint density at radius 1 is 0.269 bits per heavy atom. The predicted octanol–water partition coefficient (Wildman–Crippen LogP) is 22.8. The molecule has 6 nitrogen and oxygen atoms in total. The minimum absolute atomic E-state index is 0.0794. The zero-order valence-corrected chi connectivity index (χ0v) is 51.4. The SMILES string of the molecule is CC/C=C\C/C=C\C/C=C\C/C=C\CCCCCCCCCCCCCCCCCCC(=O)OCC(COC(=O)CCCCCCCCCCCCCC)OC(=O)CCCCCCCC/C=C\C/C=C\C/C=C\C/C=C\CC. The number of hydrogen-bond acceptors (Lipinski definition) is 6. The van der Waals surface area contributed by atoms with Gasteiger partial charge < -0.3 is 14.2 Å². The van der Waals surface area contributed by atoms with Crippen molar-refractivity contribution in [2.75, 3.05) is 13.2 Å².